The van der Waals surface area contributed by atoms with Crippen LogP contribution >= 0.6 is 0 Å². The van der Waals surface area contributed by atoms with Crippen molar-refractivity contribution in [2.45, 2.75) is 31.0 Å². The quantitative estimate of drug-likeness (QED) is 0.855. The Morgan fingerprint density at radius 3 is 2.26 bits per heavy atom. The fourth-order valence-electron chi connectivity index (χ4n) is 2.28. The van der Waals surface area contributed by atoms with Gasteiger partial charge in [0, 0.05) is 17.5 Å². The van der Waals surface area contributed by atoms with Gasteiger partial charge in [-0.15, -0.1) is 0 Å². The number of nitrogens with two attached hydrogens (primary N) is 1. The zero-order chi connectivity index (χ0) is 13.7. The summed E-state index contributed by atoms with van der Waals surface area (Å²) >= 11 is 0. The van der Waals surface area contributed by atoms with Crippen LogP contribution in [0.15, 0.2) is 12.1 Å². The van der Waals surface area contributed by atoms with Crippen molar-refractivity contribution in [3.05, 3.63) is 23.3 Å². The van der Waals surface area contributed by atoms with E-state index in [0.717, 1.165) is 18.9 Å². The highest BCUT2D eigenvalue weighted by molar-refractivity contribution is 5.57. The van der Waals surface area contributed by atoms with Crippen LogP contribution < -0.4 is 15.2 Å². The van der Waals surface area contributed by atoms with Gasteiger partial charge in [0.2, 0.25) is 0 Å². The zero-order valence-electron chi connectivity index (χ0n) is 10.2. The summed E-state index contributed by atoms with van der Waals surface area (Å²) in [5.74, 6) is -0.0356. The van der Waals surface area contributed by atoms with Crippen LogP contribution in [0.4, 0.5) is 13.2 Å². The minimum atomic E-state index is -4.46. The van der Waals surface area contributed by atoms with Crippen molar-refractivity contribution in [3.63, 3.8) is 0 Å². The summed E-state index contributed by atoms with van der Waals surface area (Å²) < 4.78 is 49.7. The van der Waals surface area contributed by atoms with Crippen molar-refractivity contribution in [2.24, 2.45) is 5.73 Å². The van der Waals surface area contributed by atoms with E-state index in [4.69, 9.17) is 15.2 Å². The molecule has 0 radical (unpaired) electrons. The molecule has 0 unspecified atom stereocenters. The summed E-state index contributed by atoms with van der Waals surface area (Å²) in [6.07, 6.45) is -2.38. The molecule has 6 heteroatoms. The molecule has 0 bridgehead atoms. The summed E-state index contributed by atoms with van der Waals surface area (Å²) in [6, 6.07) is 2.46. The number of halogens is 3. The highest BCUT2D eigenvalue weighted by atomic mass is 19.4. The smallest absolute Gasteiger partial charge is 0.420 e. The van der Waals surface area contributed by atoms with E-state index in [-0.39, 0.29) is 18.1 Å². The highest BCUT2D eigenvalue weighted by Gasteiger charge is 2.45. The number of hydrogen-bond acceptors (Lipinski definition) is 3. The normalized spacial score (nSPS) is 20.8. The van der Waals surface area contributed by atoms with E-state index in [0.29, 0.717) is 18.6 Å². The van der Waals surface area contributed by atoms with Crippen molar-refractivity contribution in [2.75, 3.05) is 13.2 Å². The maximum absolute atomic E-state index is 13.0. The van der Waals surface area contributed by atoms with Crippen molar-refractivity contribution < 1.29 is 22.6 Å². The molecule has 0 spiro atoms. The highest BCUT2D eigenvalue weighted by Crippen LogP contribution is 2.52. The average Bonchev–Trinajstić information content (AvgIpc) is 3.10. The third kappa shape index (κ3) is 2.14. The Bertz CT molecular complexity index is 475. The van der Waals surface area contributed by atoms with E-state index in [9.17, 15) is 13.2 Å². The molecule has 1 aromatic rings. The van der Waals surface area contributed by atoms with E-state index >= 15 is 0 Å². The van der Waals surface area contributed by atoms with Crippen molar-refractivity contribution >= 4 is 0 Å². The Balaban J connectivity index is 2.16. The van der Waals surface area contributed by atoms with Gasteiger partial charge in [-0.1, -0.05) is 6.07 Å². The van der Waals surface area contributed by atoms with Gasteiger partial charge in [0.15, 0.2) is 11.5 Å². The van der Waals surface area contributed by atoms with Gasteiger partial charge in [-0.05, 0) is 18.9 Å². The largest absolute Gasteiger partial charge is 0.489 e. The number of fused-ring (bicyclic) bond motifs is 1. The van der Waals surface area contributed by atoms with Crippen LogP contribution in [-0.4, -0.2) is 13.2 Å². The van der Waals surface area contributed by atoms with Gasteiger partial charge in [-0.3, -0.25) is 0 Å². The Kier molecular flexibility index (Phi) is 2.67. The maximum atomic E-state index is 13.0. The van der Waals surface area contributed by atoms with Gasteiger partial charge in [0.1, 0.15) is 5.56 Å². The lowest BCUT2D eigenvalue weighted by atomic mass is 10.0. The summed E-state index contributed by atoms with van der Waals surface area (Å²) in [7, 11) is 0. The lowest BCUT2D eigenvalue weighted by molar-refractivity contribution is -0.139. The first-order valence-electron chi connectivity index (χ1n) is 6.21. The molecule has 1 aliphatic heterocycles. The summed E-state index contributed by atoms with van der Waals surface area (Å²) in [5, 5.41) is 0. The van der Waals surface area contributed by atoms with E-state index in [2.05, 4.69) is 0 Å². The van der Waals surface area contributed by atoms with Gasteiger partial charge < -0.3 is 15.2 Å². The van der Waals surface area contributed by atoms with Crippen LogP contribution in [-0.2, 0) is 11.7 Å². The van der Waals surface area contributed by atoms with E-state index in [1.807, 2.05) is 0 Å². The van der Waals surface area contributed by atoms with Gasteiger partial charge in [-0.2, -0.15) is 13.2 Å². The molecule has 19 heavy (non-hydrogen) atoms. The van der Waals surface area contributed by atoms with E-state index in [1.165, 1.54) is 6.07 Å². The lowest BCUT2D eigenvalue weighted by Crippen LogP contribution is -2.21. The molecular weight excluding hydrogens is 259 g/mol. The van der Waals surface area contributed by atoms with Gasteiger partial charge >= 0.3 is 6.18 Å². The Hall–Kier alpha value is -1.43. The molecule has 1 aliphatic carbocycles. The molecule has 1 heterocycles. The van der Waals surface area contributed by atoms with E-state index < -0.39 is 17.3 Å². The van der Waals surface area contributed by atoms with Crippen LogP contribution in [0.25, 0.3) is 0 Å². The number of hydrogen-bond donors (Lipinski definition) is 1. The van der Waals surface area contributed by atoms with E-state index in [1.54, 1.807) is 0 Å². The van der Waals surface area contributed by atoms with Crippen LogP contribution in [0.1, 0.15) is 30.4 Å². The minimum Gasteiger partial charge on any atom is -0.489 e. The molecule has 0 aromatic heterocycles. The summed E-state index contributed by atoms with van der Waals surface area (Å²) in [5.41, 5.74) is 5.36. The fraction of sp³-hybridized carbons (Fsp3) is 0.538. The molecule has 1 fully saturated rings. The molecule has 0 atom stereocenters. The zero-order valence-corrected chi connectivity index (χ0v) is 10.2. The number of ether oxygens (including phenoxy) is 2. The van der Waals surface area contributed by atoms with Gasteiger partial charge in [0.05, 0.1) is 13.2 Å². The summed E-state index contributed by atoms with van der Waals surface area (Å²) in [4.78, 5) is 0. The molecule has 1 saturated carbocycles. The molecule has 3 nitrogen and oxygen atoms in total. The monoisotopic (exact) mass is 273 g/mol. The molecular formula is C13H14F3NO2. The molecule has 3 rings (SSSR count). The van der Waals surface area contributed by atoms with Crippen molar-refractivity contribution in [1.82, 2.24) is 0 Å². The Labute approximate surface area is 108 Å². The Morgan fingerprint density at radius 2 is 1.68 bits per heavy atom. The second-order valence-electron chi connectivity index (χ2n) is 5.02. The second-order valence-corrected chi connectivity index (χ2v) is 5.02. The van der Waals surface area contributed by atoms with Crippen molar-refractivity contribution in [1.29, 1.82) is 0 Å². The molecule has 0 saturated heterocycles. The van der Waals surface area contributed by atoms with Gasteiger partial charge in [0.25, 0.3) is 0 Å². The first-order chi connectivity index (χ1) is 8.92. The van der Waals surface area contributed by atoms with Crippen LogP contribution in [0.3, 0.4) is 0 Å². The predicted octanol–water partition coefficient (Wildman–Crippen LogP) is 2.81. The number of rotatable bonds is 1. The van der Waals surface area contributed by atoms with Crippen molar-refractivity contribution in [3.8, 4) is 11.5 Å². The number of alkyl halides is 3. The number of benzene rings is 1. The third-order valence-corrected chi connectivity index (χ3v) is 3.52. The third-order valence-electron chi connectivity index (χ3n) is 3.52. The first kappa shape index (κ1) is 12.6. The van der Waals surface area contributed by atoms with Gasteiger partial charge in [-0.25, -0.2) is 0 Å². The van der Waals surface area contributed by atoms with Crippen LogP contribution in [0, 0.1) is 0 Å². The lowest BCUT2D eigenvalue weighted by Gasteiger charge is -2.20. The molecule has 104 valence electrons. The molecule has 0 amide bonds. The Morgan fingerprint density at radius 1 is 1.05 bits per heavy atom. The fourth-order valence-corrected chi connectivity index (χ4v) is 2.28. The first-order valence-corrected chi connectivity index (χ1v) is 6.21. The maximum Gasteiger partial charge on any atom is 0.420 e. The second kappa shape index (κ2) is 4.03. The minimum absolute atomic E-state index is 0.173. The standard InChI is InChI=1S/C13H14F3NO2/c14-13(15,16)9-3-2-8(12(17)4-5-12)10-11(9)19-7-1-6-18-10/h2-3H,1,4-7,17H2. The topological polar surface area (TPSA) is 44.5 Å². The van der Waals surface area contributed by atoms with Crippen LogP contribution in [0.5, 0.6) is 11.5 Å². The predicted molar refractivity (Wildman–Crippen MR) is 62.2 cm³/mol. The molecule has 1 aromatic carbocycles. The molecule has 2 aliphatic rings. The van der Waals surface area contributed by atoms with Crippen LogP contribution in [0.2, 0.25) is 0 Å². The molecule has 2 N–H and O–H groups in total. The average molecular weight is 273 g/mol. The summed E-state index contributed by atoms with van der Waals surface area (Å²) in [6.45, 7) is 0.564. The SMILES string of the molecule is NC1(c2ccc(C(F)(F)F)c3c2OCCCO3)CC1.